The van der Waals surface area contributed by atoms with E-state index in [1.54, 1.807) is 0 Å². The topological polar surface area (TPSA) is 202 Å². The monoisotopic (exact) mass is 386 g/mol. The molecule has 1 rings (SSSR count). The van der Waals surface area contributed by atoms with E-state index in [0.29, 0.717) is 6.07 Å². The SMILES string of the molecule is O=C(O)COc1cc(S(=O)(=O)O)cc(S(=O)(=O)O)c1OCC(=O)O. The largest absolute Gasteiger partial charge is 0.479 e. The molecule has 0 bridgehead atoms. The van der Waals surface area contributed by atoms with Crippen LogP contribution < -0.4 is 9.47 Å². The number of rotatable bonds is 8. The van der Waals surface area contributed by atoms with E-state index in [1.165, 1.54) is 0 Å². The lowest BCUT2D eigenvalue weighted by Gasteiger charge is -2.14. The summed E-state index contributed by atoms with van der Waals surface area (Å²) in [4.78, 5) is 18.8. The minimum atomic E-state index is -5.15. The third-order valence-corrected chi connectivity index (χ3v) is 3.95. The molecule has 0 aliphatic rings. The molecule has 0 unspecified atom stereocenters. The molecule has 0 saturated carbocycles. The van der Waals surface area contributed by atoms with Crippen LogP contribution in [0.15, 0.2) is 21.9 Å². The summed E-state index contributed by atoms with van der Waals surface area (Å²) in [5.41, 5.74) is 0. The quantitative estimate of drug-likeness (QED) is 0.402. The van der Waals surface area contributed by atoms with Gasteiger partial charge in [0.15, 0.2) is 24.7 Å². The van der Waals surface area contributed by atoms with Crippen molar-refractivity contribution in [3.8, 4) is 11.5 Å². The van der Waals surface area contributed by atoms with Crippen LogP contribution in [0.1, 0.15) is 0 Å². The Morgan fingerprint density at radius 1 is 0.875 bits per heavy atom. The van der Waals surface area contributed by atoms with Crippen molar-refractivity contribution in [2.75, 3.05) is 13.2 Å². The van der Waals surface area contributed by atoms with Gasteiger partial charge < -0.3 is 19.7 Å². The van der Waals surface area contributed by atoms with Crippen LogP contribution in [0.2, 0.25) is 0 Å². The zero-order valence-corrected chi connectivity index (χ0v) is 13.1. The van der Waals surface area contributed by atoms with Crippen molar-refractivity contribution >= 4 is 32.2 Å². The van der Waals surface area contributed by atoms with E-state index in [0.717, 1.165) is 0 Å². The Kier molecular flexibility index (Phi) is 5.72. The first-order chi connectivity index (χ1) is 10.8. The Morgan fingerprint density at radius 3 is 1.79 bits per heavy atom. The molecule has 0 heterocycles. The number of carboxylic acids is 2. The average Bonchev–Trinajstić information content (AvgIpc) is 2.40. The molecule has 0 aliphatic carbocycles. The van der Waals surface area contributed by atoms with E-state index in [9.17, 15) is 26.4 Å². The van der Waals surface area contributed by atoms with Crippen molar-refractivity contribution in [2.45, 2.75) is 9.79 Å². The van der Waals surface area contributed by atoms with Crippen molar-refractivity contribution in [3.05, 3.63) is 12.1 Å². The Bertz CT molecular complexity index is 867. The van der Waals surface area contributed by atoms with Crippen molar-refractivity contribution in [3.63, 3.8) is 0 Å². The van der Waals surface area contributed by atoms with E-state index in [2.05, 4.69) is 9.47 Å². The van der Waals surface area contributed by atoms with Gasteiger partial charge in [-0.1, -0.05) is 0 Å². The minimum absolute atomic E-state index is 0.287. The van der Waals surface area contributed by atoms with Crippen LogP contribution in [-0.4, -0.2) is 61.3 Å². The van der Waals surface area contributed by atoms with Crippen LogP contribution in [0.3, 0.4) is 0 Å². The molecule has 0 spiro atoms. The van der Waals surface area contributed by atoms with E-state index in [1.807, 2.05) is 0 Å². The molecule has 24 heavy (non-hydrogen) atoms. The summed E-state index contributed by atoms with van der Waals surface area (Å²) in [5, 5.41) is 17.1. The normalized spacial score (nSPS) is 11.8. The highest BCUT2D eigenvalue weighted by Gasteiger charge is 2.27. The number of aliphatic carboxylic acids is 2. The molecule has 0 radical (unpaired) electrons. The maximum absolute atomic E-state index is 11.3. The zero-order valence-electron chi connectivity index (χ0n) is 11.4. The Balaban J connectivity index is 3.64. The molecule has 0 fully saturated rings. The number of carbonyl (C=O) groups is 2. The molecule has 4 N–H and O–H groups in total. The molecular formula is C10H10O12S2. The molecule has 1 aromatic rings. The lowest BCUT2D eigenvalue weighted by Crippen LogP contribution is -2.16. The lowest BCUT2D eigenvalue weighted by molar-refractivity contribution is -0.140. The van der Waals surface area contributed by atoms with E-state index >= 15 is 0 Å². The van der Waals surface area contributed by atoms with Crippen LogP contribution in [0.5, 0.6) is 11.5 Å². The number of hydrogen-bond acceptors (Lipinski definition) is 8. The predicted molar refractivity (Wildman–Crippen MR) is 72.3 cm³/mol. The first-order valence-corrected chi connectivity index (χ1v) is 8.52. The molecule has 14 heteroatoms. The standard InChI is InChI=1S/C10H10O12S2/c11-8(12)3-21-6-1-5(23(15,16)17)2-7(24(18,19)20)10(6)22-4-9(13)14/h1-2H,3-4H2,(H,11,12)(H,13,14)(H,15,16,17)(H,18,19,20). The summed E-state index contributed by atoms with van der Waals surface area (Å²) in [5.74, 6) is -4.86. The van der Waals surface area contributed by atoms with Gasteiger partial charge in [0.1, 0.15) is 4.90 Å². The number of hydrogen-bond donors (Lipinski definition) is 4. The fourth-order valence-corrected chi connectivity index (χ4v) is 2.68. The van der Waals surface area contributed by atoms with Crippen LogP contribution in [-0.2, 0) is 29.8 Å². The maximum Gasteiger partial charge on any atom is 0.341 e. The average molecular weight is 386 g/mol. The smallest absolute Gasteiger partial charge is 0.341 e. The van der Waals surface area contributed by atoms with Gasteiger partial charge in [0.2, 0.25) is 0 Å². The number of benzene rings is 1. The van der Waals surface area contributed by atoms with Crippen LogP contribution in [0.25, 0.3) is 0 Å². The van der Waals surface area contributed by atoms with Crippen LogP contribution in [0.4, 0.5) is 0 Å². The third-order valence-electron chi connectivity index (χ3n) is 2.26. The Morgan fingerprint density at radius 2 is 1.38 bits per heavy atom. The first-order valence-electron chi connectivity index (χ1n) is 5.64. The summed E-state index contributed by atoms with van der Waals surface area (Å²) in [6, 6.07) is 0.791. The van der Waals surface area contributed by atoms with E-state index < -0.39 is 66.7 Å². The predicted octanol–water partition coefficient (Wildman–Crippen LogP) is -0.893. The first kappa shape index (κ1) is 19.6. The summed E-state index contributed by atoms with van der Waals surface area (Å²) in [7, 11) is -10.1. The number of carboxylic acid groups (broad SMARTS) is 2. The fourth-order valence-electron chi connectivity index (χ4n) is 1.42. The zero-order chi connectivity index (χ0) is 18.7. The van der Waals surface area contributed by atoms with Gasteiger partial charge in [0.05, 0.1) is 4.90 Å². The van der Waals surface area contributed by atoms with Crippen molar-refractivity contribution in [2.24, 2.45) is 0 Å². The molecule has 12 nitrogen and oxygen atoms in total. The van der Waals surface area contributed by atoms with Gasteiger partial charge in [-0.25, -0.2) is 9.59 Å². The van der Waals surface area contributed by atoms with Crippen molar-refractivity contribution < 1.29 is 55.2 Å². The van der Waals surface area contributed by atoms with Crippen molar-refractivity contribution in [1.82, 2.24) is 0 Å². The summed E-state index contributed by atoms with van der Waals surface area (Å²) in [6.07, 6.45) is 0. The van der Waals surface area contributed by atoms with Crippen LogP contribution >= 0.6 is 0 Å². The second-order valence-electron chi connectivity index (χ2n) is 4.06. The van der Waals surface area contributed by atoms with Gasteiger partial charge in [0, 0.05) is 6.07 Å². The molecule has 0 amide bonds. The Labute approximate surface area is 134 Å². The fraction of sp³-hybridized carbons (Fsp3) is 0.200. The summed E-state index contributed by atoms with van der Waals surface area (Å²) in [6.45, 7) is -2.19. The van der Waals surface area contributed by atoms with Crippen molar-refractivity contribution in [1.29, 1.82) is 0 Å². The minimum Gasteiger partial charge on any atom is -0.479 e. The van der Waals surface area contributed by atoms with E-state index in [4.69, 9.17) is 19.3 Å². The van der Waals surface area contributed by atoms with Gasteiger partial charge in [-0.3, -0.25) is 9.11 Å². The van der Waals surface area contributed by atoms with Gasteiger partial charge in [-0.05, 0) is 6.07 Å². The molecule has 0 aliphatic heterocycles. The summed E-state index contributed by atoms with van der Waals surface area (Å²) >= 11 is 0. The molecule has 0 atom stereocenters. The molecule has 1 aromatic carbocycles. The number of ether oxygens (including phenoxy) is 2. The highest BCUT2D eigenvalue weighted by molar-refractivity contribution is 7.86. The molecular weight excluding hydrogens is 376 g/mol. The third kappa shape index (κ3) is 5.34. The lowest BCUT2D eigenvalue weighted by atomic mass is 10.3. The second kappa shape index (κ2) is 7.00. The Hall–Kier alpha value is -2.42. The van der Waals surface area contributed by atoms with E-state index in [-0.39, 0.29) is 6.07 Å². The van der Waals surface area contributed by atoms with Gasteiger partial charge in [-0.2, -0.15) is 16.8 Å². The highest BCUT2D eigenvalue weighted by atomic mass is 32.2. The van der Waals surface area contributed by atoms with Gasteiger partial charge in [-0.15, -0.1) is 0 Å². The highest BCUT2D eigenvalue weighted by Crippen LogP contribution is 2.37. The molecule has 0 aromatic heterocycles. The van der Waals surface area contributed by atoms with Gasteiger partial charge >= 0.3 is 11.9 Å². The van der Waals surface area contributed by atoms with Crippen LogP contribution in [0, 0.1) is 0 Å². The second-order valence-corrected chi connectivity index (χ2v) is 6.88. The molecule has 0 saturated heterocycles. The van der Waals surface area contributed by atoms with Gasteiger partial charge in [0.25, 0.3) is 20.2 Å². The molecule has 134 valence electrons. The maximum atomic E-state index is 11.3. The summed E-state index contributed by atoms with van der Waals surface area (Å²) < 4.78 is 72.4.